The second-order valence-corrected chi connectivity index (χ2v) is 21.3. The van der Waals surface area contributed by atoms with Gasteiger partial charge < -0.3 is 69.6 Å². The van der Waals surface area contributed by atoms with Crippen molar-refractivity contribution in [3.63, 3.8) is 0 Å². The van der Waals surface area contributed by atoms with Crippen molar-refractivity contribution < 1.29 is 69.6 Å². The molecule has 2 aliphatic heterocycles. The predicted octanol–water partition coefficient (Wildman–Crippen LogP) is 1.78. The topological polar surface area (TPSA) is 228 Å². The molecule has 14 heteroatoms. The Hall–Kier alpha value is -0.820. The van der Waals surface area contributed by atoms with Gasteiger partial charge in [0.25, 0.3) is 0 Å². The van der Waals surface area contributed by atoms with Gasteiger partial charge in [-0.25, -0.2) is 0 Å². The molecule has 0 aromatic carbocycles. The number of aliphatic hydroxyl groups is 9. The van der Waals surface area contributed by atoms with E-state index in [1.165, 1.54) is 5.57 Å². The first-order valence-electron chi connectivity index (χ1n) is 21.9. The number of fused-ring (bicyclic) bond motifs is 7. The van der Waals surface area contributed by atoms with Gasteiger partial charge in [-0.15, -0.1) is 0 Å². The fourth-order valence-corrected chi connectivity index (χ4v) is 14.2. The van der Waals surface area contributed by atoms with E-state index < -0.39 is 84.4 Å². The molecule has 4 saturated carbocycles. The number of allylic oxidation sites excluding steroid dienone is 1. The molecule has 6 fully saturated rings. The monoisotopic (exact) mass is 827 g/mol. The van der Waals surface area contributed by atoms with Crippen molar-refractivity contribution in [2.45, 2.75) is 186 Å². The van der Waals surface area contributed by atoms with Crippen LogP contribution in [0.1, 0.15) is 106 Å². The summed E-state index contributed by atoms with van der Waals surface area (Å²) in [5.74, 6) is 0.0318. The Morgan fingerprint density at radius 1 is 0.741 bits per heavy atom. The van der Waals surface area contributed by atoms with Crippen molar-refractivity contribution in [3.05, 3.63) is 11.6 Å². The summed E-state index contributed by atoms with van der Waals surface area (Å²) in [6.45, 7) is 14.7. The van der Waals surface area contributed by atoms with Crippen LogP contribution in [0.5, 0.6) is 0 Å². The lowest BCUT2D eigenvalue weighted by Gasteiger charge is -2.73. The van der Waals surface area contributed by atoms with Crippen LogP contribution in [-0.2, 0) is 23.7 Å². The van der Waals surface area contributed by atoms with Gasteiger partial charge in [0, 0.05) is 30.5 Å². The minimum absolute atomic E-state index is 0.0321. The van der Waals surface area contributed by atoms with E-state index >= 15 is 0 Å². The van der Waals surface area contributed by atoms with Crippen molar-refractivity contribution >= 4 is 0 Å². The maximum atomic E-state index is 12.1. The van der Waals surface area contributed by atoms with Gasteiger partial charge in [0.2, 0.25) is 0 Å². The molecular formula is C44H74O14. The zero-order valence-electron chi connectivity index (χ0n) is 35.9. The summed E-state index contributed by atoms with van der Waals surface area (Å²) in [5.41, 5.74) is -0.924. The summed E-state index contributed by atoms with van der Waals surface area (Å²) in [5, 5.41) is 98.5. The van der Waals surface area contributed by atoms with E-state index in [4.69, 9.17) is 23.7 Å². The highest BCUT2D eigenvalue weighted by Crippen LogP contribution is 2.76. The molecule has 0 aromatic rings. The van der Waals surface area contributed by atoms with Crippen LogP contribution in [0.4, 0.5) is 0 Å². The number of aliphatic hydroxyl groups excluding tert-OH is 9. The van der Waals surface area contributed by atoms with Gasteiger partial charge in [-0.2, -0.15) is 0 Å². The molecule has 7 aliphatic rings. The molecule has 1 unspecified atom stereocenters. The van der Waals surface area contributed by atoms with Crippen molar-refractivity contribution in [2.75, 3.05) is 26.9 Å². The first-order valence-corrected chi connectivity index (χ1v) is 21.9. The van der Waals surface area contributed by atoms with Crippen LogP contribution < -0.4 is 0 Å². The summed E-state index contributed by atoms with van der Waals surface area (Å²) in [6.07, 6.45) is -7.00. The lowest BCUT2D eigenvalue weighted by Crippen LogP contribution is -2.70. The molecule has 14 nitrogen and oxygen atoms in total. The average molecular weight is 827 g/mol. The normalized spacial score (nSPS) is 55.4. The summed E-state index contributed by atoms with van der Waals surface area (Å²) in [7, 11) is 1.78. The van der Waals surface area contributed by atoms with Gasteiger partial charge in [-0.3, -0.25) is 0 Å². The molecule has 0 radical (unpaired) electrons. The maximum absolute atomic E-state index is 12.1. The molecule has 2 saturated heterocycles. The largest absolute Gasteiger partial charge is 0.396 e. The highest BCUT2D eigenvalue weighted by atomic mass is 16.7. The van der Waals surface area contributed by atoms with Crippen LogP contribution in [0.2, 0.25) is 0 Å². The van der Waals surface area contributed by atoms with Crippen LogP contribution in [-0.4, -0.2) is 153 Å². The van der Waals surface area contributed by atoms with Crippen molar-refractivity contribution in [3.8, 4) is 0 Å². The molecule has 2 heterocycles. The van der Waals surface area contributed by atoms with Gasteiger partial charge in [0.1, 0.15) is 36.6 Å². The summed E-state index contributed by atoms with van der Waals surface area (Å²) in [6, 6.07) is 0. The highest BCUT2D eigenvalue weighted by molar-refractivity contribution is 5.37. The van der Waals surface area contributed by atoms with E-state index in [1.54, 1.807) is 14.0 Å². The zero-order chi connectivity index (χ0) is 42.5. The third kappa shape index (κ3) is 6.64. The highest BCUT2D eigenvalue weighted by Gasteiger charge is 2.72. The van der Waals surface area contributed by atoms with Crippen molar-refractivity contribution in [1.82, 2.24) is 0 Å². The lowest BCUT2D eigenvalue weighted by atomic mass is 9.32. The first-order chi connectivity index (χ1) is 27.1. The molecule has 0 spiro atoms. The Balaban J connectivity index is 1.16. The van der Waals surface area contributed by atoms with E-state index in [2.05, 4.69) is 40.7 Å². The van der Waals surface area contributed by atoms with E-state index in [0.29, 0.717) is 12.8 Å². The zero-order valence-corrected chi connectivity index (χ0v) is 35.9. The Labute approximate surface area is 343 Å². The summed E-state index contributed by atoms with van der Waals surface area (Å²) in [4.78, 5) is 0. The number of hydrogen-bond donors (Lipinski definition) is 9. The molecular weight excluding hydrogens is 752 g/mol. The van der Waals surface area contributed by atoms with Gasteiger partial charge in [-0.05, 0) is 98.2 Å². The number of rotatable bonds is 9. The maximum Gasteiger partial charge on any atom is 0.187 e. The van der Waals surface area contributed by atoms with Crippen molar-refractivity contribution in [2.24, 2.45) is 50.2 Å². The fourth-order valence-electron chi connectivity index (χ4n) is 14.2. The van der Waals surface area contributed by atoms with Crippen LogP contribution in [0.3, 0.4) is 0 Å². The quantitative estimate of drug-likeness (QED) is 0.119. The Bertz CT molecular complexity index is 1510. The van der Waals surface area contributed by atoms with Crippen LogP contribution in [0.15, 0.2) is 11.6 Å². The Kier molecular flexibility index (Phi) is 12.3. The molecule has 0 amide bonds. The van der Waals surface area contributed by atoms with E-state index in [9.17, 15) is 46.0 Å². The predicted molar refractivity (Wildman–Crippen MR) is 210 cm³/mol. The van der Waals surface area contributed by atoms with Crippen LogP contribution >= 0.6 is 0 Å². The minimum atomic E-state index is -1.71. The number of ether oxygens (including phenoxy) is 5. The van der Waals surface area contributed by atoms with E-state index in [0.717, 1.165) is 38.5 Å². The van der Waals surface area contributed by atoms with E-state index in [-0.39, 0.29) is 71.8 Å². The molecule has 58 heavy (non-hydrogen) atoms. The number of hydrogen-bond acceptors (Lipinski definition) is 14. The summed E-state index contributed by atoms with van der Waals surface area (Å²) >= 11 is 0. The molecule has 9 N–H and O–H groups in total. The standard InChI is InChI=1S/C44H74O14/c1-22-30(49)35(58-37-33(52)32(51)31(50)25(56-37)11-16-45)34(53)38(55-22)57-29-10-12-40(4)27(41(29,5)20-46)9-13-42(6)36(40)26(54-8)17-23-24-18-39(2,3)14-15-44(24,21-47)28(48)19-43(23,42)7/h17,22,24-38,45-53H,9-16,18-21H2,1-8H3/t22-,24+,25-,26-,27-,28?,29+,30+,31-,32+,33-,34-,35+,36-,37+,38+,40+,41+,42-,43-,44-/m1/s1. The van der Waals surface area contributed by atoms with Gasteiger partial charge >= 0.3 is 0 Å². The molecule has 7 rings (SSSR count). The first kappa shape index (κ1) is 45.2. The average Bonchev–Trinajstić information content (AvgIpc) is 3.17. The SMILES string of the molecule is CO[C@@H]1C=C2[C@@H]3CC(C)(C)CC[C@]3(CO)C(O)C[C@@]2(C)[C@]2(C)CC[C@H]3[C@](C)(CO)[C@@H](O[C@@H]4O[C@H](C)[C@H](O)[C@H](O[C@@H]5O[C@H](CCO)[C@@H](O)[C@H](O)[C@H]5O)[C@H]4O)CC[C@]3(C)[C@@H]12. The molecule has 5 aliphatic carbocycles. The fraction of sp³-hybridized carbons (Fsp3) is 0.955. The molecule has 0 aromatic heterocycles. The molecule has 334 valence electrons. The second-order valence-electron chi connectivity index (χ2n) is 21.3. The smallest absolute Gasteiger partial charge is 0.187 e. The van der Waals surface area contributed by atoms with Crippen molar-refractivity contribution in [1.29, 1.82) is 0 Å². The van der Waals surface area contributed by atoms with E-state index in [1.807, 2.05) is 6.92 Å². The molecule has 0 bridgehead atoms. The van der Waals surface area contributed by atoms with Crippen LogP contribution in [0.25, 0.3) is 0 Å². The number of methoxy groups -OCH3 is 1. The van der Waals surface area contributed by atoms with Crippen LogP contribution in [0, 0.1) is 50.2 Å². The Morgan fingerprint density at radius 2 is 1.43 bits per heavy atom. The summed E-state index contributed by atoms with van der Waals surface area (Å²) < 4.78 is 30.9. The van der Waals surface area contributed by atoms with Gasteiger partial charge in [-0.1, -0.05) is 53.2 Å². The Morgan fingerprint density at radius 3 is 2.07 bits per heavy atom. The minimum Gasteiger partial charge on any atom is -0.396 e. The second kappa shape index (κ2) is 15.8. The van der Waals surface area contributed by atoms with Gasteiger partial charge in [0.05, 0.1) is 43.7 Å². The lowest BCUT2D eigenvalue weighted by molar-refractivity contribution is -0.367. The third-order valence-electron chi connectivity index (χ3n) is 17.9. The third-order valence-corrected chi connectivity index (χ3v) is 17.9. The van der Waals surface area contributed by atoms with Gasteiger partial charge in [0.15, 0.2) is 12.6 Å². The molecule has 21 atom stereocenters.